The summed E-state index contributed by atoms with van der Waals surface area (Å²) >= 11 is 0. The Morgan fingerprint density at radius 2 is 1.79 bits per heavy atom. The van der Waals surface area contributed by atoms with Gasteiger partial charge in [-0.15, -0.1) is 0 Å². The lowest BCUT2D eigenvalue weighted by Gasteiger charge is -2.11. The Kier molecular flexibility index (Phi) is 7.54. The molecule has 0 aromatic heterocycles. The highest BCUT2D eigenvalue weighted by atomic mass is 16.7. The van der Waals surface area contributed by atoms with Crippen LogP contribution in [0.4, 0.5) is 10.5 Å². The van der Waals surface area contributed by atoms with Crippen molar-refractivity contribution < 1.29 is 23.9 Å². The number of carbonyl (C=O) groups excluding carboxylic acids is 3. The van der Waals surface area contributed by atoms with Crippen LogP contribution in [-0.2, 0) is 16.1 Å². The summed E-state index contributed by atoms with van der Waals surface area (Å²) in [6, 6.07) is 14.8. The molecule has 8 nitrogen and oxygen atoms in total. The minimum Gasteiger partial charge on any atom is -0.434 e. The van der Waals surface area contributed by atoms with Crippen LogP contribution in [-0.4, -0.2) is 24.6 Å². The minimum absolute atomic E-state index is 0.183. The van der Waals surface area contributed by atoms with Crippen LogP contribution in [0.15, 0.2) is 48.5 Å². The minimum atomic E-state index is -0.810. The van der Waals surface area contributed by atoms with Crippen LogP contribution in [0.1, 0.15) is 29.3 Å². The van der Waals surface area contributed by atoms with Gasteiger partial charge >= 0.3 is 6.16 Å². The predicted octanol–water partition coefficient (Wildman–Crippen LogP) is 3.00. The van der Waals surface area contributed by atoms with Gasteiger partial charge in [-0.25, -0.2) is 4.79 Å². The Morgan fingerprint density at radius 3 is 2.46 bits per heavy atom. The summed E-state index contributed by atoms with van der Waals surface area (Å²) in [4.78, 5) is 35.2. The van der Waals surface area contributed by atoms with Crippen molar-refractivity contribution in [3.63, 3.8) is 0 Å². The van der Waals surface area contributed by atoms with Gasteiger partial charge in [0.25, 0.3) is 5.91 Å². The topological polar surface area (TPSA) is 118 Å². The summed E-state index contributed by atoms with van der Waals surface area (Å²) in [5, 5.41) is 14.0. The maximum Gasteiger partial charge on any atom is 0.513 e. The number of para-hydroxylation sites is 1. The molecule has 0 heterocycles. The van der Waals surface area contributed by atoms with Crippen LogP contribution < -0.4 is 15.4 Å². The molecule has 0 atom stereocenters. The highest BCUT2D eigenvalue weighted by Gasteiger charge is 2.10. The molecule has 28 heavy (non-hydrogen) atoms. The lowest BCUT2D eigenvalue weighted by atomic mass is 10.1. The van der Waals surface area contributed by atoms with Crippen molar-refractivity contribution in [2.75, 3.05) is 11.9 Å². The van der Waals surface area contributed by atoms with E-state index < -0.39 is 12.1 Å². The molecule has 8 heteroatoms. The van der Waals surface area contributed by atoms with Gasteiger partial charge in [0.2, 0.25) is 5.91 Å². The van der Waals surface area contributed by atoms with Gasteiger partial charge in [0.15, 0.2) is 0 Å². The molecule has 0 aliphatic heterocycles. The number of nitrogens with one attached hydrogen (secondary N) is 2. The first-order chi connectivity index (χ1) is 13.5. The van der Waals surface area contributed by atoms with Crippen molar-refractivity contribution in [2.45, 2.75) is 19.9 Å². The second kappa shape index (κ2) is 10.3. The van der Waals surface area contributed by atoms with E-state index >= 15 is 0 Å². The summed E-state index contributed by atoms with van der Waals surface area (Å²) in [6.45, 7) is 2.06. The van der Waals surface area contributed by atoms with Gasteiger partial charge in [-0.3, -0.25) is 9.59 Å². The number of benzene rings is 2. The number of nitriles is 1. The lowest BCUT2D eigenvalue weighted by molar-refractivity contribution is -0.115. The van der Waals surface area contributed by atoms with Crippen molar-refractivity contribution in [2.24, 2.45) is 0 Å². The molecule has 144 valence electrons. The Bertz CT molecular complexity index is 887. The van der Waals surface area contributed by atoms with E-state index in [0.29, 0.717) is 16.8 Å². The Labute approximate surface area is 162 Å². The van der Waals surface area contributed by atoms with E-state index in [0.717, 1.165) is 0 Å². The average molecular weight is 381 g/mol. The molecule has 0 saturated carbocycles. The van der Waals surface area contributed by atoms with E-state index in [1.165, 1.54) is 24.3 Å². The highest BCUT2D eigenvalue weighted by molar-refractivity contribution is 5.95. The molecule has 2 aromatic carbocycles. The number of ether oxygens (including phenoxy) is 2. The van der Waals surface area contributed by atoms with E-state index in [9.17, 15) is 14.4 Å². The van der Waals surface area contributed by atoms with Gasteiger partial charge in [-0.2, -0.15) is 5.26 Å². The molecule has 0 unspecified atom stereocenters. The standard InChI is InChI=1S/C20H19N3O5/c1-2-27-20(26)28-16-9-7-14(8-10-16)19(25)22-13-15-5-3-4-6-17(15)23-18(24)11-12-21/h3-10H,2,11,13H2,1H3,(H,22,25)(H,23,24). The number of hydrogen-bond donors (Lipinski definition) is 2. The number of nitrogens with zero attached hydrogens (tertiary/aromatic N) is 1. The second-order valence-electron chi connectivity index (χ2n) is 5.53. The van der Waals surface area contributed by atoms with Crippen LogP contribution in [0.3, 0.4) is 0 Å². The number of hydrogen-bond acceptors (Lipinski definition) is 6. The van der Waals surface area contributed by atoms with Gasteiger partial charge < -0.3 is 20.1 Å². The Morgan fingerprint density at radius 1 is 1.07 bits per heavy atom. The fourth-order valence-electron chi connectivity index (χ4n) is 2.26. The predicted molar refractivity (Wildman–Crippen MR) is 101 cm³/mol. The fraction of sp³-hybridized carbons (Fsp3) is 0.200. The fourth-order valence-corrected chi connectivity index (χ4v) is 2.26. The first-order valence-electron chi connectivity index (χ1n) is 8.51. The Hall–Kier alpha value is -3.86. The first-order valence-corrected chi connectivity index (χ1v) is 8.51. The number of anilines is 1. The van der Waals surface area contributed by atoms with Crippen molar-refractivity contribution in [1.29, 1.82) is 5.26 Å². The molecule has 2 N–H and O–H groups in total. The van der Waals surface area contributed by atoms with E-state index in [2.05, 4.69) is 15.4 Å². The van der Waals surface area contributed by atoms with Crippen LogP contribution in [0.5, 0.6) is 5.75 Å². The molecule has 0 bridgehead atoms. The molecule has 2 aromatic rings. The van der Waals surface area contributed by atoms with Gasteiger partial charge in [0, 0.05) is 17.8 Å². The van der Waals surface area contributed by atoms with Crippen molar-refractivity contribution in [3.8, 4) is 11.8 Å². The van der Waals surface area contributed by atoms with Crippen molar-refractivity contribution in [3.05, 3.63) is 59.7 Å². The molecule has 0 aliphatic rings. The summed E-state index contributed by atoms with van der Waals surface area (Å²) in [7, 11) is 0. The van der Waals surface area contributed by atoms with E-state index in [1.54, 1.807) is 37.3 Å². The quantitative estimate of drug-likeness (QED) is 0.562. The van der Waals surface area contributed by atoms with Gasteiger partial charge in [-0.05, 0) is 42.8 Å². The third-order valence-corrected chi connectivity index (χ3v) is 3.55. The molecule has 2 amide bonds. The van der Waals surface area contributed by atoms with Crippen molar-refractivity contribution >= 4 is 23.7 Å². The highest BCUT2D eigenvalue weighted by Crippen LogP contribution is 2.16. The zero-order valence-corrected chi connectivity index (χ0v) is 15.2. The first kappa shape index (κ1) is 20.5. The van der Waals surface area contributed by atoms with Gasteiger partial charge in [0.1, 0.15) is 12.2 Å². The smallest absolute Gasteiger partial charge is 0.434 e. The monoisotopic (exact) mass is 381 g/mol. The van der Waals surface area contributed by atoms with Gasteiger partial charge in [0.05, 0.1) is 12.7 Å². The summed E-state index contributed by atoms with van der Waals surface area (Å²) in [6.07, 6.45) is -1.06. The molecular formula is C20H19N3O5. The van der Waals surface area contributed by atoms with Crippen LogP contribution in [0.2, 0.25) is 0 Å². The van der Waals surface area contributed by atoms with E-state index in [-0.39, 0.29) is 31.2 Å². The maximum absolute atomic E-state index is 12.3. The van der Waals surface area contributed by atoms with Crippen LogP contribution >= 0.6 is 0 Å². The Balaban J connectivity index is 1.96. The van der Waals surface area contributed by atoms with Crippen molar-refractivity contribution in [1.82, 2.24) is 5.32 Å². The zero-order chi connectivity index (χ0) is 20.4. The van der Waals surface area contributed by atoms with E-state index in [1.807, 2.05) is 0 Å². The zero-order valence-electron chi connectivity index (χ0n) is 15.2. The SMILES string of the molecule is CCOC(=O)Oc1ccc(C(=O)NCc2ccccc2NC(=O)CC#N)cc1. The second-order valence-corrected chi connectivity index (χ2v) is 5.53. The molecule has 0 aliphatic carbocycles. The summed E-state index contributed by atoms with van der Waals surface area (Å²) in [5.74, 6) is -0.486. The molecule has 0 saturated heterocycles. The number of rotatable bonds is 7. The third kappa shape index (κ3) is 6.14. The molecule has 0 fully saturated rings. The third-order valence-electron chi connectivity index (χ3n) is 3.55. The average Bonchev–Trinajstić information content (AvgIpc) is 2.68. The molecular weight excluding hydrogens is 362 g/mol. The molecule has 0 radical (unpaired) electrons. The normalized spacial score (nSPS) is 9.71. The summed E-state index contributed by atoms with van der Waals surface area (Å²) in [5.41, 5.74) is 1.60. The van der Waals surface area contributed by atoms with Crippen LogP contribution in [0, 0.1) is 11.3 Å². The molecule has 2 rings (SSSR count). The number of amides is 2. The lowest BCUT2D eigenvalue weighted by Crippen LogP contribution is -2.23. The number of carbonyl (C=O) groups is 3. The maximum atomic E-state index is 12.3. The van der Waals surface area contributed by atoms with Gasteiger partial charge in [-0.1, -0.05) is 18.2 Å². The van der Waals surface area contributed by atoms with Crippen LogP contribution in [0.25, 0.3) is 0 Å². The summed E-state index contributed by atoms with van der Waals surface area (Å²) < 4.78 is 9.61. The largest absolute Gasteiger partial charge is 0.513 e. The van der Waals surface area contributed by atoms with E-state index in [4.69, 9.17) is 10.00 Å². The molecule has 0 spiro atoms.